The first-order valence-corrected chi connectivity index (χ1v) is 7.25. The molecule has 0 radical (unpaired) electrons. The third-order valence-electron chi connectivity index (χ3n) is 3.80. The summed E-state index contributed by atoms with van der Waals surface area (Å²) in [5.41, 5.74) is 2.29. The summed E-state index contributed by atoms with van der Waals surface area (Å²) < 4.78 is 1.70. The lowest BCUT2D eigenvalue weighted by atomic mass is 10.2. The zero-order valence-electron chi connectivity index (χ0n) is 12.6. The first kappa shape index (κ1) is 16.7. The highest BCUT2D eigenvalue weighted by atomic mass is 35.5. The maximum Gasteiger partial charge on any atom is 0.251 e. The molecule has 0 atom stereocenters. The van der Waals surface area contributed by atoms with E-state index in [-0.39, 0.29) is 18.3 Å². The molecule has 7 nitrogen and oxygen atoms in total. The SMILES string of the molecule is Cl.Cn1nnc2cc(C(=O)NCCN3CCNCC3)ccc21. The number of aryl methyl sites for hydroxylation is 1. The van der Waals surface area contributed by atoms with E-state index in [1.807, 2.05) is 19.2 Å². The monoisotopic (exact) mass is 324 g/mol. The lowest BCUT2D eigenvalue weighted by Gasteiger charge is -2.27. The lowest BCUT2D eigenvalue weighted by molar-refractivity contribution is 0.0947. The number of carbonyl (C=O) groups excluding carboxylic acids is 1. The zero-order valence-corrected chi connectivity index (χ0v) is 13.4. The predicted octanol–water partition coefficient (Wildman–Crippen LogP) is 0.0251. The Hall–Kier alpha value is -1.70. The van der Waals surface area contributed by atoms with Gasteiger partial charge in [0, 0.05) is 51.9 Å². The van der Waals surface area contributed by atoms with Crippen molar-refractivity contribution in [3.8, 4) is 0 Å². The van der Waals surface area contributed by atoms with Crippen molar-refractivity contribution >= 4 is 29.3 Å². The average molecular weight is 325 g/mol. The van der Waals surface area contributed by atoms with Gasteiger partial charge in [0.05, 0.1) is 5.52 Å². The molecule has 1 aliphatic rings. The summed E-state index contributed by atoms with van der Waals surface area (Å²) in [4.78, 5) is 14.5. The van der Waals surface area contributed by atoms with Crippen molar-refractivity contribution in [3.63, 3.8) is 0 Å². The number of rotatable bonds is 4. The average Bonchev–Trinajstić information content (AvgIpc) is 2.89. The molecule has 2 aromatic rings. The summed E-state index contributed by atoms with van der Waals surface area (Å²) in [5, 5.41) is 14.3. The van der Waals surface area contributed by atoms with Gasteiger partial charge in [-0.3, -0.25) is 9.69 Å². The van der Waals surface area contributed by atoms with Gasteiger partial charge in [-0.25, -0.2) is 4.68 Å². The van der Waals surface area contributed by atoms with Gasteiger partial charge in [0.1, 0.15) is 5.52 Å². The van der Waals surface area contributed by atoms with Crippen LogP contribution >= 0.6 is 12.4 Å². The Balaban J connectivity index is 0.00000176. The van der Waals surface area contributed by atoms with E-state index < -0.39 is 0 Å². The Morgan fingerprint density at radius 1 is 1.36 bits per heavy atom. The van der Waals surface area contributed by atoms with Crippen molar-refractivity contribution in [2.45, 2.75) is 0 Å². The number of nitrogens with one attached hydrogen (secondary N) is 2. The summed E-state index contributed by atoms with van der Waals surface area (Å²) in [5.74, 6) is -0.0577. The number of hydrogen-bond acceptors (Lipinski definition) is 5. The van der Waals surface area contributed by atoms with Crippen molar-refractivity contribution in [3.05, 3.63) is 23.8 Å². The van der Waals surface area contributed by atoms with Gasteiger partial charge < -0.3 is 10.6 Å². The van der Waals surface area contributed by atoms with Crippen LogP contribution in [0.5, 0.6) is 0 Å². The van der Waals surface area contributed by atoms with Gasteiger partial charge in [-0.15, -0.1) is 17.5 Å². The predicted molar refractivity (Wildman–Crippen MR) is 87.4 cm³/mol. The van der Waals surface area contributed by atoms with Crippen LogP contribution in [0.15, 0.2) is 18.2 Å². The number of halogens is 1. The van der Waals surface area contributed by atoms with Crippen LogP contribution < -0.4 is 10.6 Å². The van der Waals surface area contributed by atoms with Crippen molar-refractivity contribution < 1.29 is 4.79 Å². The zero-order chi connectivity index (χ0) is 14.7. The summed E-state index contributed by atoms with van der Waals surface area (Å²) >= 11 is 0. The normalized spacial score (nSPS) is 15.5. The molecule has 1 saturated heterocycles. The molecule has 0 bridgehead atoms. The molecule has 1 aromatic carbocycles. The Morgan fingerprint density at radius 2 is 2.14 bits per heavy atom. The highest BCUT2D eigenvalue weighted by Crippen LogP contribution is 2.12. The number of benzene rings is 1. The summed E-state index contributed by atoms with van der Waals surface area (Å²) in [6.45, 7) is 5.69. The number of amides is 1. The molecule has 0 saturated carbocycles. The summed E-state index contributed by atoms with van der Waals surface area (Å²) in [6.07, 6.45) is 0. The van der Waals surface area contributed by atoms with Gasteiger partial charge in [0.15, 0.2) is 0 Å². The number of hydrogen-bond donors (Lipinski definition) is 2. The fourth-order valence-electron chi connectivity index (χ4n) is 2.55. The molecule has 1 aliphatic heterocycles. The number of nitrogens with zero attached hydrogens (tertiary/aromatic N) is 4. The molecular formula is C14H21ClN6O. The van der Waals surface area contributed by atoms with Crippen LogP contribution in [-0.4, -0.2) is 65.1 Å². The minimum absolute atomic E-state index is 0. The molecule has 0 aliphatic carbocycles. The Kier molecular flexibility index (Phi) is 5.70. The van der Waals surface area contributed by atoms with Gasteiger partial charge in [0.25, 0.3) is 5.91 Å². The molecular weight excluding hydrogens is 304 g/mol. The molecule has 0 unspecified atom stereocenters. The molecule has 120 valence electrons. The van der Waals surface area contributed by atoms with Crippen LogP contribution in [0.1, 0.15) is 10.4 Å². The molecule has 0 spiro atoms. The molecule has 22 heavy (non-hydrogen) atoms. The van der Waals surface area contributed by atoms with E-state index in [2.05, 4.69) is 25.8 Å². The number of carbonyl (C=O) groups is 1. The van der Waals surface area contributed by atoms with Gasteiger partial charge in [-0.2, -0.15) is 0 Å². The number of fused-ring (bicyclic) bond motifs is 1. The van der Waals surface area contributed by atoms with E-state index >= 15 is 0 Å². The Bertz CT molecular complexity index is 637. The first-order chi connectivity index (χ1) is 10.2. The van der Waals surface area contributed by atoms with Crippen LogP contribution in [-0.2, 0) is 7.05 Å². The number of aromatic nitrogens is 3. The van der Waals surface area contributed by atoms with Crippen molar-refractivity contribution in [1.29, 1.82) is 0 Å². The highest BCUT2D eigenvalue weighted by Gasteiger charge is 2.11. The molecule has 1 amide bonds. The third kappa shape index (κ3) is 3.73. The van der Waals surface area contributed by atoms with Crippen LogP contribution in [0.2, 0.25) is 0 Å². The van der Waals surface area contributed by atoms with Crippen LogP contribution in [0.25, 0.3) is 11.0 Å². The highest BCUT2D eigenvalue weighted by molar-refractivity contribution is 5.97. The fraction of sp³-hybridized carbons (Fsp3) is 0.500. The second-order valence-electron chi connectivity index (χ2n) is 5.26. The molecule has 1 fully saturated rings. The standard InChI is InChI=1S/C14H20N6O.ClH/c1-19-13-3-2-11(10-12(13)17-18-19)14(21)16-6-9-20-7-4-15-5-8-20;/h2-3,10,15H,4-9H2,1H3,(H,16,21);1H. The Labute approximate surface area is 135 Å². The van der Waals surface area contributed by atoms with Gasteiger partial charge in [-0.05, 0) is 18.2 Å². The molecule has 3 rings (SSSR count). The van der Waals surface area contributed by atoms with Crippen molar-refractivity contribution in [2.24, 2.45) is 7.05 Å². The van der Waals surface area contributed by atoms with Gasteiger partial charge >= 0.3 is 0 Å². The van der Waals surface area contributed by atoms with Crippen LogP contribution in [0, 0.1) is 0 Å². The second kappa shape index (κ2) is 7.53. The van der Waals surface area contributed by atoms with E-state index in [9.17, 15) is 4.79 Å². The topological polar surface area (TPSA) is 75.1 Å². The molecule has 1 aromatic heterocycles. The largest absolute Gasteiger partial charge is 0.351 e. The molecule has 2 heterocycles. The Morgan fingerprint density at radius 3 is 2.91 bits per heavy atom. The fourth-order valence-corrected chi connectivity index (χ4v) is 2.55. The van der Waals surface area contributed by atoms with Crippen molar-refractivity contribution in [2.75, 3.05) is 39.3 Å². The van der Waals surface area contributed by atoms with Crippen molar-refractivity contribution in [1.82, 2.24) is 30.5 Å². The lowest BCUT2D eigenvalue weighted by Crippen LogP contribution is -2.46. The van der Waals surface area contributed by atoms with Crippen LogP contribution in [0.4, 0.5) is 0 Å². The molecule has 2 N–H and O–H groups in total. The molecule has 8 heteroatoms. The van der Waals surface area contributed by atoms with Gasteiger partial charge in [-0.1, -0.05) is 5.21 Å². The van der Waals surface area contributed by atoms with E-state index in [1.54, 1.807) is 10.7 Å². The number of piperazine rings is 1. The van der Waals surface area contributed by atoms with E-state index in [1.165, 1.54) is 0 Å². The minimum Gasteiger partial charge on any atom is -0.351 e. The quantitative estimate of drug-likeness (QED) is 0.829. The third-order valence-corrected chi connectivity index (χ3v) is 3.80. The maximum atomic E-state index is 12.1. The first-order valence-electron chi connectivity index (χ1n) is 7.25. The van der Waals surface area contributed by atoms with Crippen LogP contribution in [0.3, 0.4) is 0 Å². The van der Waals surface area contributed by atoms with E-state index in [0.717, 1.165) is 43.8 Å². The minimum atomic E-state index is -0.0577. The smallest absolute Gasteiger partial charge is 0.251 e. The maximum absolute atomic E-state index is 12.1. The summed E-state index contributed by atoms with van der Waals surface area (Å²) in [6, 6.07) is 5.47. The van der Waals surface area contributed by atoms with E-state index in [0.29, 0.717) is 12.1 Å². The van der Waals surface area contributed by atoms with Gasteiger partial charge in [0.2, 0.25) is 0 Å². The van der Waals surface area contributed by atoms with E-state index in [4.69, 9.17) is 0 Å². The summed E-state index contributed by atoms with van der Waals surface area (Å²) in [7, 11) is 1.84. The second-order valence-corrected chi connectivity index (χ2v) is 5.26.